The first-order valence-electron chi connectivity index (χ1n) is 5.26. The first kappa shape index (κ1) is 15.4. The van der Waals surface area contributed by atoms with Crippen molar-refractivity contribution in [3.05, 3.63) is 0 Å². The van der Waals surface area contributed by atoms with Crippen LogP contribution in [0.2, 0.25) is 0 Å². The molecule has 17 heavy (non-hydrogen) atoms. The van der Waals surface area contributed by atoms with Crippen molar-refractivity contribution >= 4 is 17.8 Å². The molecule has 0 aromatic carbocycles. The van der Waals surface area contributed by atoms with E-state index in [-0.39, 0.29) is 5.91 Å². The van der Waals surface area contributed by atoms with Gasteiger partial charge >= 0.3 is 6.03 Å². The second-order valence-electron chi connectivity index (χ2n) is 4.42. The Morgan fingerprint density at radius 3 is 2.24 bits per heavy atom. The summed E-state index contributed by atoms with van der Waals surface area (Å²) in [7, 11) is 1.55. The fourth-order valence-electron chi connectivity index (χ4n) is 1.15. The summed E-state index contributed by atoms with van der Waals surface area (Å²) in [6.45, 7) is 5.38. The predicted octanol–water partition coefficient (Wildman–Crippen LogP) is -1.07. The zero-order valence-electron chi connectivity index (χ0n) is 10.6. The second-order valence-corrected chi connectivity index (χ2v) is 4.42. The van der Waals surface area contributed by atoms with Gasteiger partial charge in [-0.25, -0.2) is 4.79 Å². The van der Waals surface area contributed by atoms with Gasteiger partial charge in [0, 0.05) is 13.6 Å². The minimum absolute atomic E-state index is 0.132. The first-order chi connectivity index (χ1) is 7.70. The molecule has 0 saturated heterocycles. The maximum absolute atomic E-state index is 11.5. The number of nitrogens with one attached hydrogen (secondary N) is 3. The van der Waals surface area contributed by atoms with E-state index in [0.29, 0.717) is 6.54 Å². The van der Waals surface area contributed by atoms with Crippen LogP contribution in [0, 0.1) is 5.41 Å². The summed E-state index contributed by atoms with van der Waals surface area (Å²) in [5.41, 5.74) is 4.18. The summed E-state index contributed by atoms with van der Waals surface area (Å²) >= 11 is 0. The van der Waals surface area contributed by atoms with Crippen LogP contribution in [0.25, 0.3) is 0 Å². The molecule has 0 spiro atoms. The summed E-state index contributed by atoms with van der Waals surface area (Å²) < 4.78 is 0. The van der Waals surface area contributed by atoms with Crippen LogP contribution in [-0.4, -0.2) is 37.5 Å². The Kier molecular flexibility index (Phi) is 5.60. The van der Waals surface area contributed by atoms with Crippen molar-refractivity contribution in [3.8, 4) is 0 Å². The van der Waals surface area contributed by atoms with E-state index in [4.69, 9.17) is 5.73 Å². The number of primary amides is 1. The van der Waals surface area contributed by atoms with Crippen LogP contribution in [0.15, 0.2) is 0 Å². The van der Waals surface area contributed by atoms with Crippen LogP contribution < -0.4 is 21.7 Å². The highest BCUT2D eigenvalue weighted by Crippen LogP contribution is 2.13. The highest BCUT2D eigenvalue weighted by molar-refractivity contribution is 5.96. The zero-order valence-corrected chi connectivity index (χ0v) is 10.6. The fourth-order valence-corrected chi connectivity index (χ4v) is 1.15. The third-order valence-electron chi connectivity index (χ3n) is 2.33. The molecule has 0 aliphatic carbocycles. The summed E-state index contributed by atoms with van der Waals surface area (Å²) in [6.07, 6.45) is 0. The minimum atomic E-state index is -0.894. The summed E-state index contributed by atoms with van der Waals surface area (Å²) in [6, 6.07) is -1.50. The molecule has 0 aromatic heterocycles. The standard InChI is InChI=1S/C10H20N4O3/c1-6(7(15)14-9(11)17)13-5-10(2,3)8(16)12-4/h6,13H,5H2,1-4H3,(H,12,16)(H3,11,14,15,17). The molecule has 0 saturated carbocycles. The van der Waals surface area contributed by atoms with Crippen LogP contribution in [0.1, 0.15) is 20.8 Å². The number of carbonyl (C=O) groups excluding carboxylic acids is 3. The summed E-state index contributed by atoms with van der Waals surface area (Å²) in [5, 5.41) is 7.36. The Bertz CT molecular complexity index is 315. The van der Waals surface area contributed by atoms with E-state index in [1.807, 2.05) is 5.32 Å². The molecule has 4 amide bonds. The lowest BCUT2D eigenvalue weighted by atomic mass is 9.92. The van der Waals surface area contributed by atoms with Crippen molar-refractivity contribution in [2.45, 2.75) is 26.8 Å². The van der Waals surface area contributed by atoms with Crippen molar-refractivity contribution < 1.29 is 14.4 Å². The smallest absolute Gasteiger partial charge is 0.318 e. The van der Waals surface area contributed by atoms with Crippen molar-refractivity contribution in [1.29, 1.82) is 0 Å². The van der Waals surface area contributed by atoms with Crippen LogP contribution in [-0.2, 0) is 9.59 Å². The Morgan fingerprint density at radius 2 is 1.82 bits per heavy atom. The van der Waals surface area contributed by atoms with Crippen LogP contribution in [0.3, 0.4) is 0 Å². The van der Waals surface area contributed by atoms with Gasteiger partial charge in [0.05, 0.1) is 11.5 Å². The Morgan fingerprint density at radius 1 is 1.29 bits per heavy atom. The lowest BCUT2D eigenvalue weighted by Crippen LogP contribution is -2.50. The van der Waals surface area contributed by atoms with Gasteiger partial charge in [-0.05, 0) is 20.8 Å². The fraction of sp³-hybridized carbons (Fsp3) is 0.700. The average Bonchev–Trinajstić information content (AvgIpc) is 2.23. The van der Waals surface area contributed by atoms with E-state index >= 15 is 0 Å². The van der Waals surface area contributed by atoms with Gasteiger partial charge in [0.25, 0.3) is 0 Å². The maximum atomic E-state index is 11.5. The number of hydrogen-bond acceptors (Lipinski definition) is 4. The lowest BCUT2D eigenvalue weighted by Gasteiger charge is -2.24. The molecule has 7 heteroatoms. The SMILES string of the molecule is CNC(=O)C(C)(C)CNC(C)C(=O)NC(N)=O. The van der Waals surface area contributed by atoms with Gasteiger partial charge in [-0.15, -0.1) is 0 Å². The van der Waals surface area contributed by atoms with Crippen LogP contribution in [0.4, 0.5) is 4.79 Å². The van der Waals surface area contributed by atoms with Crippen molar-refractivity contribution in [2.75, 3.05) is 13.6 Å². The van der Waals surface area contributed by atoms with Gasteiger partial charge in [0.15, 0.2) is 0 Å². The van der Waals surface area contributed by atoms with Crippen molar-refractivity contribution in [1.82, 2.24) is 16.0 Å². The normalized spacial score (nSPS) is 12.7. The highest BCUT2D eigenvalue weighted by Gasteiger charge is 2.27. The van der Waals surface area contributed by atoms with Gasteiger partial charge in [-0.3, -0.25) is 14.9 Å². The number of imide groups is 1. The summed E-state index contributed by atoms with van der Waals surface area (Å²) in [4.78, 5) is 33.3. The molecule has 0 aromatic rings. The van der Waals surface area contributed by atoms with Gasteiger partial charge in [0.1, 0.15) is 0 Å². The number of urea groups is 1. The molecule has 1 unspecified atom stereocenters. The molecular weight excluding hydrogens is 224 g/mol. The van der Waals surface area contributed by atoms with Crippen molar-refractivity contribution in [3.63, 3.8) is 0 Å². The second kappa shape index (κ2) is 6.19. The van der Waals surface area contributed by atoms with E-state index < -0.39 is 23.4 Å². The van der Waals surface area contributed by atoms with E-state index in [0.717, 1.165) is 0 Å². The molecule has 0 aliphatic heterocycles. The van der Waals surface area contributed by atoms with E-state index in [2.05, 4.69) is 10.6 Å². The Labute approximate surface area is 100 Å². The Hall–Kier alpha value is -1.63. The lowest BCUT2D eigenvalue weighted by molar-refractivity contribution is -0.129. The monoisotopic (exact) mass is 244 g/mol. The third-order valence-corrected chi connectivity index (χ3v) is 2.33. The summed E-state index contributed by atoms with van der Waals surface area (Å²) in [5.74, 6) is -0.655. The number of hydrogen-bond donors (Lipinski definition) is 4. The molecule has 0 fully saturated rings. The van der Waals surface area contributed by atoms with E-state index in [9.17, 15) is 14.4 Å². The number of amides is 4. The third kappa shape index (κ3) is 5.30. The number of nitrogens with two attached hydrogens (primary N) is 1. The molecule has 98 valence electrons. The molecule has 0 bridgehead atoms. The molecule has 0 aliphatic rings. The largest absolute Gasteiger partial charge is 0.359 e. The molecule has 1 atom stereocenters. The molecule has 5 N–H and O–H groups in total. The van der Waals surface area contributed by atoms with Gasteiger partial charge in [-0.1, -0.05) is 0 Å². The van der Waals surface area contributed by atoms with Crippen molar-refractivity contribution in [2.24, 2.45) is 11.1 Å². The van der Waals surface area contributed by atoms with E-state index in [1.165, 1.54) is 0 Å². The maximum Gasteiger partial charge on any atom is 0.318 e. The Balaban J connectivity index is 4.24. The van der Waals surface area contributed by atoms with Gasteiger partial charge in [0.2, 0.25) is 11.8 Å². The average molecular weight is 244 g/mol. The molecular formula is C10H20N4O3. The first-order valence-corrected chi connectivity index (χ1v) is 5.26. The van der Waals surface area contributed by atoms with Gasteiger partial charge in [-0.2, -0.15) is 0 Å². The number of carbonyl (C=O) groups is 3. The predicted molar refractivity (Wildman–Crippen MR) is 63.0 cm³/mol. The highest BCUT2D eigenvalue weighted by atomic mass is 16.2. The van der Waals surface area contributed by atoms with Crippen LogP contribution in [0.5, 0.6) is 0 Å². The molecule has 7 nitrogen and oxygen atoms in total. The van der Waals surface area contributed by atoms with Gasteiger partial charge < -0.3 is 16.4 Å². The molecule has 0 radical (unpaired) electrons. The molecule has 0 rings (SSSR count). The minimum Gasteiger partial charge on any atom is -0.359 e. The number of rotatable bonds is 5. The molecule has 0 heterocycles. The van der Waals surface area contributed by atoms with Crippen LogP contribution >= 0.6 is 0 Å². The van der Waals surface area contributed by atoms with E-state index in [1.54, 1.807) is 27.8 Å². The topological polar surface area (TPSA) is 113 Å². The zero-order chi connectivity index (χ0) is 13.6. The quantitative estimate of drug-likeness (QED) is 0.493.